The van der Waals surface area contributed by atoms with Crippen LogP contribution in [0.5, 0.6) is 0 Å². The molecule has 1 spiro atoms. The summed E-state index contributed by atoms with van der Waals surface area (Å²) in [5.41, 5.74) is 2.27. The average Bonchev–Trinajstić information content (AvgIpc) is 3.00. The number of hydrogen-bond donors (Lipinski definition) is 1. The van der Waals surface area contributed by atoms with Gasteiger partial charge in [0, 0.05) is 30.5 Å². The molecule has 0 atom stereocenters. The highest BCUT2D eigenvalue weighted by Gasteiger charge is 2.40. The summed E-state index contributed by atoms with van der Waals surface area (Å²) < 4.78 is 0. The molecule has 0 radical (unpaired) electrons. The minimum atomic E-state index is 0.0239. The third-order valence-electron chi connectivity index (χ3n) is 4.62. The first kappa shape index (κ1) is 11.9. The van der Waals surface area contributed by atoms with E-state index in [4.69, 9.17) is 5.11 Å². The predicted molar refractivity (Wildman–Crippen MR) is 70.4 cm³/mol. The van der Waals surface area contributed by atoms with Crippen LogP contribution in [0, 0.1) is 12.3 Å². The largest absolute Gasteiger partial charge is 0.392 e. The first-order valence-electron chi connectivity index (χ1n) is 6.91. The third kappa shape index (κ3) is 1.99. The number of nitrogens with zero attached hydrogens (tertiary/aromatic N) is 3. The van der Waals surface area contributed by atoms with Gasteiger partial charge in [-0.2, -0.15) is 0 Å². The molecule has 0 amide bonds. The zero-order valence-electron chi connectivity index (χ0n) is 11.0. The lowest BCUT2D eigenvalue weighted by atomic mass is 9.86. The molecular weight excluding hydrogens is 226 g/mol. The van der Waals surface area contributed by atoms with E-state index in [1.807, 2.05) is 6.92 Å². The van der Waals surface area contributed by atoms with Crippen LogP contribution in [0.25, 0.3) is 0 Å². The Morgan fingerprint density at radius 2 is 2.11 bits per heavy atom. The maximum Gasteiger partial charge on any atom is 0.225 e. The van der Waals surface area contributed by atoms with Gasteiger partial charge in [0.25, 0.3) is 0 Å². The molecule has 1 aliphatic heterocycles. The van der Waals surface area contributed by atoms with Gasteiger partial charge in [-0.25, -0.2) is 9.97 Å². The molecule has 3 rings (SSSR count). The second-order valence-electron chi connectivity index (χ2n) is 5.82. The number of aliphatic hydroxyl groups excluding tert-OH is 1. The molecule has 0 unspecified atom stereocenters. The first-order valence-corrected chi connectivity index (χ1v) is 6.91. The number of hydrogen-bond acceptors (Lipinski definition) is 4. The van der Waals surface area contributed by atoms with Crippen LogP contribution >= 0.6 is 0 Å². The maximum absolute atomic E-state index is 9.15. The minimum Gasteiger partial charge on any atom is -0.392 e. The van der Waals surface area contributed by atoms with Crippen LogP contribution in [0.3, 0.4) is 0 Å². The summed E-state index contributed by atoms with van der Waals surface area (Å²) in [5, 5.41) is 9.15. The fourth-order valence-electron chi connectivity index (χ4n) is 3.43. The number of aliphatic hydroxyl groups is 1. The van der Waals surface area contributed by atoms with Crippen molar-refractivity contribution in [3.05, 3.63) is 17.5 Å². The summed E-state index contributed by atoms with van der Waals surface area (Å²) in [6.45, 7) is 4.16. The highest BCUT2D eigenvalue weighted by molar-refractivity contribution is 5.35. The monoisotopic (exact) mass is 247 g/mol. The lowest BCUT2D eigenvalue weighted by Crippen LogP contribution is -2.26. The molecule has 0 bridgehead atoms. The van der Waals surface area contributed by atoms with Gasteiger partial charge in [0.05, 0.1) is 6.61 Å². The molecular formula is C14H21N3O. The van der Waals surface area contributed by atoms with Crippen molar-refractivity contribution in [1.29, 1.82) is 0 Å². The fourth-order valence-corrected chi connectivity index (χ4v) is 3.43. The van der Waals surface area contributed by atoms with Gasteiger partial charge in [0.2, 0.25) is 5.95 Å². The normalized spacial score (nSPS) is 22.0. The second-order valence-corrected chi connectivity index (χ2v) is 5.82. The quantitative estimate of drug-likeness (QED) is 0.869. The lowest BCUT2D eigenvalue weighted by molar-refractivity contribution is 0.280. The van der Waals surface area contributed by atoms with Crippen molar-refractivity contribution < 1.29 is 5.11 Å². The molecule has 1 saturated heterocycles. The van der Waals surface area contributed by atoms with E-state index in [1.165, 1.54) is 32.1 Å². The van der Waals surface area contributed by atoms with Crippen molar-refractivity contribution in [2.24, 2.45) is 5.41 Å². The topological polar surface area (TPSA) is 49.2 Å². The van der Waals surface area contributed by atoms with Crippen LogP contribution in [-0.4, -0.2) is 28.2 Å². The van der Waals surface area contributed by atoms with E-state index in [1.54, 1.807) is 6.20 Å². The van der Waals surface area contributed by atoms with Crippen LogP contribution in [0.1, 0.15) is 43.4 Å². The van der Waals surface area contributed by atoms with Crippen LogP contribution in [0.4, 0.5) is 5.95 Å². The molecule has 1 saturated carbocycles. The first-order chi connectivity index (χ1) is 8.72. The average molecular weight is 247 g/mol. The van der Waals surface area contributed by atoms with E-state index < -0.39 is 0 Å². The van der Waals surface area contributed by atoms with Gasteiger partial charge in [-0.3, -0.25) is 0 Å². The van der Waals surface area contributed by atoms with Crippen LogP contribution < -0.4 is 4.90 Å². The molecule has 2 heterocycles. The van der Waals surface area contributed by atoms with Crippen molar-refractivity contribution in [2.45, 2.75) is 45.6 Å². The molecule has 2 fully saturated rings. The summed E-state index contributed by atoms with van der Waals surface area (Å²) in [6.07, 6.45) is 8.57. The van der Waals surface area contributed by atoms with E-state index in [-0.39, 0.29) is 6.61 Å². The van der Waals surface area contributed by atoms with E-state index >= 15 is 0 Å². The minimum absolute atomic E-state index is 0.0239. The summed E-state index contributed by atoms with van der Waals surface area (Å²) in [5.74, 6) is 0.841. The highest BCUT2D eigenvalue weighted by Crippen LogP contribution is 2.45. The standard InChI is InChI=1S/C14H21N3O/c1-11-12(9-18)8-15-13(16-11)17-7-6-14(10-17)4-2-3-5-14/h8,18H,2-7,9-10H2,1H3. The summed E-state index contributed by atoms with van der Waals surface area (Å²) in [6, 6.07) is 0. The molecule has 98 valence electrons. The third-order valence-corrected chi connectivity index (χ3v) is 4.62. The lowest BCUT2D eigenvalue weighted by Gasteiger charge is -2.23. The molecule has 18 heavy (non-hydrogen) atoms. The van der Waals surface area contributed by atoms with Crippen molar-refractivity contribution >= 4 is 5.95 Å². The Morgan fingerprint density at radius 1 is 1.33 bits per heavy atom. The van der Waals surface area contributed by atoms with Crippen molar-refractivity contribution in [2.75, 3.05) is 18.0 Å². The van der Waals surface area contributed by atoms with E-state index in [0.29, 0.717) is 5.41 Å². The van der Waals surface area contributed by atoms with E-state index in [2.05, 4.69) is 14.9 Å². The van der Waals surface area contributed by atoms with Gasteiger partial charge in [-0.15, -0.1) is 0 Å². The van der Waals surface area contributed by atoms with Crippen LogP contribution in [0.2, 0.25) is 0 Å². The molecule has 2 aliphatic rings. The Kier molecular flexibility index (Phi) is 2.98. The predicted octanol–water partition coefficient (Wildman–Crippen LogP) is 2.05. The van der Waals surface area contributed by atoms with Gasteiger partial charge in [-0.05, 0) is 31.6 Å². The molecule has 1 aromatic heterocycles. The van der Waals surface area contributed by atoms with Crippen molar-refractivity contribution in [3.63, 3.8) is 0 Å². The van der Waals surface area contributed by atoms with Gasteiger partial charge < -0.3 is 10.0 Å². The number of aryl methyl sites for hydroxylation is 1. The van der Waals surface area contributed by atoms with Crippen LogP contribution in [-0.2, 0) is 6.61 Å². The van der Waals surface area contributed by atoms with E-state index in [9.17, 15) is 0 Å². The summed E-state index contributed by atoms with van der Waals surface area (Å²) in [4.78, 5) is 11.3. The Labute approximate surface area is 108 Å². The summed E-state index contributed by atoms with van der Waals surface area (Å²) in [7, 11) is 0. The molecule has 0 aromatic carbocycles. The van der Waals surface area contributed by atoms with Gasteiger partial charge in [0.15, 0.2) is 0 Å². The van der Waals surface area contributed by atoms with E-state index in [0.717, 1.165) is 30.3 Å². The smallest absolute Gasteiger partial charge is 0.225 e. The number of aromatic nitrogens is 2. The Morgan fingerprint density at radius 3 is 2.78 bits per heavy atom. The maximum atomic E-state index is 9.15. The number of anilines is 1. The Hall–Kier alpha value is -1.16. The summed E-state index contributed by atoms with van der Waals surface area (Å²) >= 11 is 0. The van der Waals surface area contributed by atoms with Crippen molar-refractivity contribution in [1.82, 2.24) is 9.97 Å². The zero-order valence-corrected chi connectivity index (χ0v) is 11.0. The number of rotatable bonds is 2. The zero-order chi connectivity index (χ0) is 12.6. The molecule has 1 aliphatic carbocycles. The molecule has 1 N–H and O–H groups in total. The molecule has 4 heteroatoms. The van der Waals surface area contributed by atoms with Gasteiger partial charge in [0.1, 0.15) is 0 Å². The Bertz CT molecular complexity index is 441. The van der Waals surface area contributed by atoms with Crippen molar-refractivity contribution in [3.8, 4) is 0 Å². The second kappa shape index (κ2) is 4.50. The molecule has 1 aromatic rings. The van der Waals surface area contributed by atoms with Gasteiger partial charge >= 0.3 is 0 Å². The van der Waals surface area contributed by atoms with Crippen LogP contribution in [0.15, 0.2) is 6.20 Å². The highest BCUT2D eigenvalue weighted by atomic mass is 16.3. The molecule has 4 nitrogen and oxygen atoms in total. The fraction of sp³-hybridized carbons (Fsp3) is 0.714. The van der Waals surface area contributed by atoms with Gasteiger partial charge in [-0.1, -0.05) is 12.8 Å². The SMILES string of the molecule is Cc1nc(N2CCC3(CCCC3)C2)ncc1CO. The Balaban J connectivity index is 1.78.